The number of hydrogen-bond donors (Lipinski definition) is 6. The number of methoxy groups -OCH3 is 1. The van der Waals surface area contributed by atoms with Gasteiger partial charge in [-0.25, -0.2) is 4.79 Å². The predicted molar refractivity (Wildman–Crippen MR) is 234 cm³/mol. The van der Waals surface area contributed by atoms with Crippen molar-refractivity contribution >= 4 is 35.5 Å². The quantitative estimate of drug-likeness (QED) is 0.0756. The number of ether oxygens (including phenoxy) is 1. The van der Waals surface area contributed by atoms with Crippen LogP contribution in [0.15, 0.2) is 54.6 Å². The number of nitrogens with zero attached hydrogens (tertiary/aromatic N) is 1. The van der Waals surface area contributed by atoms with Crippen LogP contribution in [-0.4, -0.2) is 109 Å². The molecule has 14 nitrogen and oxygen atoms in total. The lowest BCUT2D eigenvalue weighted by atomic mass is 9.86. The van der Waals surface area contributed by atoms with Crippen molar-refractivity contribution in [2.45, 2.75) is 141 Å². The average molecular weight is 847 g/mol. The van der Waals surface area contributed by atoms with Crippen LogP contribution in [0.25, 0.3) is 0 Å². The van der Waals surface area contributed by atoms with Gasteiger partial charge in [0.15, 0.2) is 6.04 Å². The highest BCUT2D eigenvalue weighted by atomic mass is 16.5. The summed E-state index contributed by atoms with van der Waals surface area (Å²) in [4.78, 5) is 83.1. The van der Waals surface area contributed by atoms with E-state index in [1.165, 1.54) is 32.6 Å². The molecule has 0 heterocycles. The molecular weight excluding hydrogens is 777 g/mol. The Morgan fingerprint density at radius 1 is 0.754 bits per heavy atom. The van der Waals surface area contributed by atoms with E-state index in [2.05, 4.69) is 59.3 Å². The Labute approximate surface area is 362 Å². The molecule has 5 amide bonds. The van der Waals surface area contributed by atoms with Gasteiger partial charge in [0.05, 0.1) is 13.7 Å². The van der Waals surface area contributed by atoms with E-state index in [-0.39, 0.29) is 30.6 Å². The van der Waals surface area contributed by atoms with Gasteiger partial charge in [0.2, 0.25) is 23.6 Å². The Balaban J connectivity index is 1.42. The topological polar surface area (TPSA) is 195 Å². The minimum absolute atomic E-state index is 0.0457. The van der Waals surface area contributed by atoms with E-state index >= 15 is 0 Å². The summed E-state index contributed by atoms with van der Waals surface area (Å²) < 4.78 is 4.73. The molecular formula is C47H70N6O8. The van der Waals surface area contributed by atoms with Crippen LogP contribution in [0.4, 0.5) is 0 Å². The lowest BCUT2D eigenvalue weighted by Gasteiger charge is -2.31. The van der Waals surface area contributed by atoms with Crippen molar-refractivity contribution in [2.24, 2.45) is 17.8 Å². The first-order chi connectivity index (χ1) is 28.9. The third kappa shape index (κ3) is 14.7. The molecule has 2 fully saturated rings. The summed E-state index contributed by atoms with van der Waals surface area (Å²) in [6.07, 6.45) is 7.15. The van der Waals surface area contributed by atoms with Crippen LogP contribution in [-0.2, 0) is 40.5 Å². The van der Waals surface area contributed by atoms with Gasteiger partial charge in [0.1, 0.15) is 24.2 Å². The molecule has 2 aliphatic rings. The van der Waals surface area contributed by atoms with Gasteiger partial charge < -0.3 is 41.3 Å². The predicted octanol–water partition coefficient (Wildman–Crippen LogP) is 3.79. The van der Waals surface area contributed by atoms with E-state index in [0.717, 1.165) is 43.0 Å². The summed E-state index contributed by atoms with van der Waals surface area (Å²) in [5.74, 6) is -2.23. The highest BCUT2D eigenvalue weighted by molar-refractivity contribution is 5.99. The van der Waals surface area contributed by atoms with E-state index < -0.39 is 72.3 Å². The Morgan fingerprint density at radius 2 is 1.38 bits per heavy atom. The van der Waals surface area contributed by atoms with Crippen molar-refractivity contribution in [2.75, 3.05) is 27.3 Å². The van der Waals surface area contributed by atoms with Crippen LogP contribution in [0.1, 0.15) is 114 Å². The van der Waals surface area contributed by atoms with Crippen molar-refractivity contribution in [3.63, 3.8) is 0 Å². The van der Waals surface area contributed by atoms with Crippen molar-refractivity contribution in [1.82, 2.24) is 31.5 Å². The molecule has 0 spiro atoms. The van der Waals surface area contributed by atoms with Gasteiger partial charge in [-0.05, 0) is 112 Å². The van der Waals surface area contributed by atoms with Crippen molar-refractivity contribution in [1.29, 1.82) is 0 Å². The second-order valence-electron chi connectivity index (χ2n) is 18.5. The maximum Gasteiger partial charge on any atom is 0.330 e. The summed E-state index contributed by atoms with van der Waals surface area (Å²) in [5, 5.41) is 23.4. The Hall–Kier alpha value is -4.82. The Morgan fingerprint density at radius 3 is 1.95 bits per heavy atom. The number of carbonyl (C=O) groups excluding carboxylic acids is 6. The number of benzene rings is 2. The third-order valence-electron chi connectivity index (χ3n) is 12.1. The van der Waals surface area contributed by atoms with Crippen molar-refractivity contribution in [3.8, 4) is 0 Å². The van der Waals surface area contributed by atoms with Crippen molar-refractivity contribution in [3.05, 3.63) is 71.3 Å². The maximum absolute atomic E-state index is 14.0. The summed E-state index contributed by atoms with van der Waals surface area (Å²) in [6.45, 7) is 11.7. The smallest absolute Gasteiger partial charge is 0.330 e. The molecule has 0 aromatic heterocycles. The van der Waals surface area contributed by atoms with E-state index in [1.807, 2.05) is 56.3 Å². The van der Waals surface area contributed by atoms with Crippen LogP contribution in [0.2, 0.25) is 0 Å². The molecule has 0 saturated heterocycles. The van der Waals surface area contributed by atoms with Gasteiger partial charge in [-0.15, -0.1) is 0 Å². The molecule has 0 radical (unpaired) electrons. The number of nitrogens with one attached hydrogen (secondary N) is 5. The number of amides is 5. The molecule has 8 atom stereocenters. The molecule has 14 heteroatoms. The fourth-order valence-corrected chi connectivity index (χ4v) is 8.56. The second kappa shape index (κ2) is 22.9. The molecule has 4 rings (SSSR count). The molecule has 2 aromatic carbocycles. The van der Waals surface area contributed by atoms with E-state index in [4.69, 9.17) is 4.74 Å². The highest BCUT2D eigenvalue weighted by Crippen LogP contribution is 2.46. The molecule has 61 heavy (non-hydrogen) atoms. The lowest BCUT2D eigenvalue weighted by molar-refractivity contribution is -0.146. The summed E-state index contributed by atoms with van der Waals surface area (Å²) in [7, 11) is 3.30. The molecule has 8 unspecified atom stereocenters. The fraction of sp³-hybridized carbons (Fsp3) is 0.617. The van der Waals surface area contributed by atoms with Crippen LogP contribution in [0.3, 0.4) is 0 Å². The number of esters is 1. The zero-order valence-corrected chi connectivity index (χ0v) is 37.4. The molecule has 0 aliphatic heterocycles. The van der Waals surface area contributed by atoms with E-state index in [0.29, 0.717) is 18.0 Å². The number of aliphatic hydroxyl groups is 1. The lowest BCUT2D eigenvalue weighted by Crippen LogP contribution is -2.59. The molecule has 2 aliphatic carbocycles. The summed E-state index contributed by atoms with van der Waals surface area (Å²) in [5.41, 5.74) is 2.15. The summed E-state index contributed by atoms with van der Waals surface area (Å²) >= 11 is 0. The Bertz CT molecular complexity index is 1780. The SMILES string of the molecule is COC(=O)C(CO)NC(=O)C(CCCCN(C)C1CC2CCC1C2)NC(=O)C(CC(C)C)NC(=O)C(C)NC(=O)C(Cc1ccccc1)NC(=O)c1ccc(C(C)(C)C)cc1. The number of fused-ring (bicyclic) bond motifs is 2. The van der Waals surface area contributed by atoms with E-state index in [1.54, 1.807) is 12.1 Å². The normalized spacial score (nSPS) is 19.6. The number of rotatable bonds is 22. The minimum atomic E-state index is -1.32. The Kier molecular flexibility index (Phi) is 18.3. The first-order valence-electron chi connectivity index (χ1n) is 22.0. The van der Waals surface area contributed by atoms with Gasteiger partial charge in [-0.2, -0.15) is 0 Å². The average Bonchev–Trinajstić information content (AvgIpc) is 3.87. The zero-order valence-electron chi connectivity index (χ0n) is 37.4. The minimum Gasteiger partial charge on any atom is -0.467 e. The standard InChI is InChI=1S/C47H70N6O8/c1-29(2)24-37(45(59)49-36(43(57)52-39(28-54)46(60)61-8)16-12-13-23-53(7)40-27-32-17-18-34(40)25-32)50-41(55)30(3)48-44(58)38(26-31-14-10-9-11-15-31)51-42(56)33-19-21-35(22-20-33)47(4,5)6/h9-11,14-15,19-22,29-30,32,34,36-40,54H,12-13,16-18,23-28H2,1-8H3,(H,48,58)(H,49,59)(H,50,55)(H,51,56)(H,52,57). The molecule has 2 bridgehead atoms. The van der Waals surface area contributed by atoms with Crippen LogP contribution < -0.4 is 26.6 Å². The number of hydrogen-bond acceptors (Lipinski definition) is 9. The van der Waals surface area contributed by atoms with Gasteiger partial charge in [-0.1, -0.05) is 83.5 Å². The van der Waals surface area contributed by atoms with Gasteiger partial charge in [-0.3, -0.25) is 24.0 Å². The molecule has 2 aromatic rings. The summed E-state index contributed by atoms with van der Waals surface area (Å²) in [6, 6.07) is 11.4. The highest BCUT2D eigenvalue weighted by Gasteiger charge is 2.41. The number of carbonyl (C=O) groups is 6. The van der Waals surface area contributed by atoms with Gasteiger partial charge in [0, 0.05) is 18.0 Å². The van der Waals surface area contributed by atoms with Gasteiger partial charge in [0.25, 0.3) is 5.91 Å². The second-order valence-corrected chi connectivity index (χ2v) is 18.5. The first-order valence-corrected chi connectivity index (χ1v) is 22.0. The monoisotopic (exact) mass is 847 g/mol. The third-order valence-corrected chi connectivity index (χ3v) is 12.1. The molecule has 2 saturated carbocycles. The zero-order chi connectivity index (χ0) is 44.9. The van der Waals surface area contributed by atoms with E-state index in [9.17, 15) is 33.9 Å². The van der Waals surface area contributed by atoms with Crippen LogP contribution >= 0.6 is 0 Å². The van der Waals surface area contributed by atoms with Crippen LogP contribution in [0, 0.1) is 17.8 Å². The van der Waals surface area contributed by atoms with Crippen molar-refractivity contribution < 1.29 is 38.6 Å². The maximum atomic E-state index is 14.0. The fourth-order valence-electron chi connectivity index (χ4n) is 8.56. The first kappa shape index (κ1) is 48.8. The largest absolute Gasteiger partial charge is 0.467 e. The van der Waals surface area contributed by atoms with Gasteiger partial charge >= 0.3 is 5.97 Å². The molecule has 336 valence electrons. The number of unbranched alkanes of at least 4 members (excludes halogenated alkanes) is 1. The molecule has 6 N–H and O–H groups in total. The van der Waals surface area contributed by atoms with Crippen LogP contribution in [0.5, 0.6) is 0 Å². The number of aliphatic hydroxyl groups excluding tert-OH is 1.